The van der Waals surface area contributed by atoms with Gasteiger partial charge in [0.2, 0.25) is 0 Å². The largest absolute Gasteiger partial charge is 0.497 e. The zero-order chi connectivity index (χ0) is 15.2. The van der Waals surface area contributed by atoms with Crippen LogP contribution in [-0.4, -0.2) is 20.3 Å². The van der Waals surface area contributed by atoms with Gasteiger partial charge in [-0.05, 0) is 38.5 Å². The van der Waals surface area contributed by atoms with E-state index in [4.69, 9.17) is 13.8 Å². The molecule has 0 radical (unpaired) electrons. The van der Waals surface area contributed by atoms with Crippen LogP contribution in [0.4, 0.5) is 0 Å². The molecule has 1 unspecified atom stereocenters. The monoisotopic (exact) mass is 297 g/mol. The quantitative estimate of drug-likeness (QED) is 0.718. The molecule has 1 rings (SSSR count). The standard InChI is InChI=1S/C14H20NO4P/c1-5-18-20(16,19-6-2)14(3,11-15)12-7-9-13(17-4)10-8-12/h7-10H,5-6H2,1-4H3. The van der Waals surface area contributed by atoms with Gasteiger partial charge >= 0.3 is 7.60 Å². The Morgan fingerprint density at radius 3 is 2.05 bits per heavy atom. The van der Waals surface area contributed by atoms with Crippen LogP contribution in [-0.2, 0) is 18.8 Å². The molecular formula is C14H20NO4P. The van der Waals surface area contributed by atoms with Gasteiger partial charge in [0.15, 0.2) is 5.16 Å². The van der Waals surface area contributed by atoms with Crippen molar-refractivity contribution in [3.05, 3.63) is 29.8 Å². The highest BCUT2D eigenvalue weighted by molar-refractivity contribution is 7.55. The average Bonchev–Trinajstić information content (AvgIpc) is 2.47. The maximum Gasteiger partial charge on any atom is 0.354 e. The van der Waals surface area contributed by atoms with E-state index in [0.717, 1.165) is 0 Å². The summed E-state index contributed by atoms with van der Waals surface area (Å²) in [4.78, 5) is 0. The van der Waals surface area contributed by atoms with Crippen molar-refractivity contribution in [2.75, 3.05) is 20.3 Å². The Bertz CT molecular complexity index is 513. The van der Waals surface area contributed by atoms with Gasteiger partial charge in [0.1, 0.15) is 5.75 Å². The highest BCUT2D eigenvalue weighted by atomic mass is 31.2. The molecule has 5 nitrogen and oxygen atoms in total. The van der Waals surface area contributed by atoms with Crippen molar-refractivity contribution < 1.29 is 18.3 Å². The zero-order valence-corrected chi connectivity index (χ0v) is 13.1. The number of hydrogen-bond acceptors (Lipinski definition) is 5. The van der Waals surface area contributed by atoms with Gasteiger partial charge in [-0.3, -0.25) is 4.57 Å². The van der Waals surface area contributed by atoms with Crippen LogP contribution in [0.2, 0.25) is 0 Å². The third kappa shape index (κ3) is 3.04. The van der Waals surface area contributed by atoms with Crippen molar-refractivity contribution >= 4 is 7.60 Å². The van der Waals surface area contributed by atoms with Crippen LogP contribution in [0.1, 0.15) is 26.3 Å². The summed E-state index contributed by atoms with van der Waals surface area (Å²) < 4.78 is 28.6. The molecule has 0 aromatic heterocycles. The Balaban J connectivity index is 3.29. The molecule has 6 heteroatoms. The molecule has 0 heterocycles. The summed E-state index contributed by atoms with van der Waals surface area (Å²) in [5, 5.41) is 8.18. The van der Waals surface area contributed by atoms with Crippen molar-refractivity contribution in [2.24, 2.45) is 0 Å². The van der Waals surface area contributed by atoms with Gasteiger partial charge in [-0.1, -0.05) is 12.1 Å². The van der Waals surface area contributed by atoms with E-state index >= 15 is 0 Å². The second-order valence-corrected chi connectivity index (χ2v) is 6.65. The molecule has 0 N–H and O–H groups in total. The lowest BCUT2D eigenvalue weighted by Crippen LogP contribution is -2.23. The topological polar surface area (TPSA) is 68.5 Å². The van der Waals surface area contributed by atoms with E-state index in [1.807, 2.05) is 0 Å². The van der Waals surface area contributed by atoms with E-state index in [1.54, 1.807) is 52.1 Å². The molecule has 0 saturated carbocycles. The lowest BCUT2D eigenvalue weighted by molar-refractivity contribution is 0.206. The maximum absolute atomic E-state index is 12.9. The third-order valence-electron chi connectivity index (χ3n) is 3.02. The van der Waals surface area contributed by atoms with E-state index in [2.05, 4.69) is 6.07 Å². The minimum Gasteiger partial charge on any atom is -0.497 e. The van der Waals surface area contributed by atoms with E-state index < -0.39 is 12.8 Å². The van der Waals surface area contributed by atoms with Gasteiger partial charge in [0.05, 0.1) is 26.4 Å². The van der Waals surface area contributed by atoms with Crippen LogP contribution in [0, 0.1) is 11.3 Å². The summed E-state index contributed by atoms with van der Waals surface area (Å²) in [7, 11) is -2.03. The van der Waals surface area contributed by atoms with Crippen LogP contribution in [0.3, 0.4) is 0 Å². The molecule has 0 bridgehead atoms. The molecule has 1 atom stereocenters. The average molecular weight is 297 g/mol. The summed E-state index contributed by atoms with van der Waals surface area (Å²) in [5.41, 5.74) is 0.575. The summed E-state index contributed by atoms with van der Waals surface area (Å²) in [6.07, 6.45) is 0. The minimum absolute atomic E-state index is 0.213. The SMILES string of the molecule is CCOP(=O)(OCC)C(C)(C#N)c1ccc(OC)cc1. The molecule has 0 fully saturated rings. The van der Waals surface area contributed by atoms with Crippen LogP contribution in [0.15, 0.2) is 24.3 Å². The molecule has 0 spiro atoms. The Morgan fingerprint density at radius 2 is 1.70 bits per heavy atom. The van der Waals surface area contributed by atoms with Gasteiger partial charge in [-0.25, -0.2) is 0 Å². The Labute approximate surface area is 120 Å². The molecule has 110 valence electrons. The molecule has 20 heavy (non-hydrogen) atoms. The third-order valence-corrected chi connectivity index (χ3v) is 5.67. The van der Waals surface area contributed by atoms with Gasteiger partial charge in [0, 0.05) is 0 Å². The van der Waals surface area contributed by atoms with Crippen molar-refractivity contribution in [3.8, 4) is 11.8 Å². The number of methoxy groups -OCH3 is 1. The fraction of sp³-hybridized carbons (Fsp3) is 0.500. The molecule has 1 aromatic carbocycles. The minimum atomic E-state index is -3.59. The van der Waals surface area contributed by atoms with Gasteiger partial charge < -0.3 is 13.8 Å². The normalized spacial score (nSPS) is 14.3. The molecule has 0 aliphatic heterocycles. The highest BCUT2D eigenvalue weighted by Gasteiger charge is 2.49. The zero-order valence-electron chi connectivity index (χ0n) is 12.3. The number of benzene rings is 1. The molecule has 0 aliphatic carbocycles. The smallest absolute Gasteiger partial charge is 0.354 e. The number of rotatable bonds is 7. The van der Waals surface area contributed by atoms with Gasteiger partial charge in [-0.2, -0.15) is 5.26 Å². The lowest BCUT2D eigenvalue weighted by atomic mass is 10.0. The first-order valence-corrected chi connectivity index (χ1v) is 7.96. The van der Waals surface area contributed by atoms with Gasteiger partial charge in [0.25, 0.3) is 0 Å². The summed E-state index contributed by atoms with van der Waals surface area (Å²) >= 11 is 0. The lowest BCUT2D eigenvalue weighted by Gasteiger charge is -2.30. The van der Waals surface area contributed by atoms with Crippen LogP contribution in [0.25, 0.3) is 0 Å². The molecular weight excluding hydrogens is 277 g/mol. The van der Waals surface area contributed by atoms with Gasteiger partial charge in [-0.15, -0.1) is 0 Å². The number of ether oxygens (including phenoxy) is 1. The predicted octanol–water partition coefficient (Wildman–Crippen LogP) is 3.70. The van der Waals surface area contributed by atoms with E-state index in [-0.39, 0.29) is 13.2 Å². The number of hydrogen-bond donors (Lipinski definition) is 0. The number of nitriles is 1. The summed E-state index contributed by atoms with van der Waals surface area (Å²) in [6, 6.07) is 8.92. The molecule has 0 saturated heterocycles. The fourth-order valence-electron chi connectivity index (χ4n) is 1.83. The van der Waals surface area contributed by atoms with Crippen molar-refractivity contribution in [3.63, 3.8) is 0 Å². The Kier molecular flexibility index (Phi) is 5.76. The first kappa shape index (κ1) is 16.7. The van der Waals surface area contributed by atoms with E-state index in [0.29, 0.717) is 11.3 Å². The molecule has 0 aliphatic rings. The Morgan fingerprint density at radius 1 is 1.20 bits per heavy atom. The van der Waals surface area contributed by atoms with Crippen molar-refractivity contribution in [1.82, 2.24) is 0 Å². The second-order valence-electron chi connectivity index (χ2n) is 4.25. The fourth-order valence-corrected chi connectivity index (χ4v) is 3.69. The second kappa shape index (κ2) is 6.90. The van der Waals surface area contributed by atoms with Crippen LogP contribution >= 0.6 is 7.60 Å². The van der Waals surface area contributed by atoms with Crippen molar-refractivity contribution in [2.45, 2.75) is 25.9 Å². The van der Waals surface area contributed by atoms with Crippen molar-refractivity contribution in [1.29, 1.82) is 5.26 Å². The maximum atomic E-state index is 12.9. The predicted molar refractivity (Wildman–Crippen MR) is 76.8 cm³/mol. The van der Waals surface area contributed by atoms with Crippen LogP contribution in [0.5, 0.6) is 5.75 Å². The highest BCUT2D eigenvalue weighted by Crippen LogP contribution is 2.64. The number of nitrogens with zero attached hydrogens (tertiary/aromatic N) is 1. The molecule has 0 amide bonds. The van der Waals surface area contributed by atoms with E-state index in [9.17, 15) is 9.83 Å². The van der Waals surface area contributed by atoms with Crippen LogP contribution < -0.4 is 4.74 Å². The first-order valence-electron chi connectivity index (χ1n) is 6.42. The summed E-state index contributed by atoms with van der Waals surface area (Å²) in [6.45, 7) is 5.44. The first-order chi connectivity index (χ1) is 9.47. The van der Waals surface area contributed by atoms with E-state index in [1.165, 1.54) is 0 Å². The molecule has 1 aromatic rings. The summed E-state index contributed by atoms with van der Waals surface area (Å²) in [5.74, 6) is 0.664. The Hall–Kier alpha value is -1.34.